The number of guanidine groups is 1. The van der Waals surface area contributed by atoms with Gasteiger partial charge in [0.15, 0.2) is 5.96 Å². The monoisotopic (exact) mass is 503 g/mol. The summed E-state index contributed by atoms with van der Waals surface area (Å²) in [5.74, 6) is 2.93. The fourth-order valence-corrected chi connectivity index (χ4v) is 4.06. The molecule has 0 aliphatic carbocycles. The molecule has 3 heterocycles. The van der Waals surface area contributed by atoms with Crippen molar-refractivity contribution in [1.82, 2.24) is 30.3 Å². The summed E-state index contributed by atoms with van der Waals surface area (Å²) in [5, 5.41) is 11.5. The Bertz CT molecular complexity index is 595. The standard InChI is InChI=1S/C20H37N7.HI/c1-3-21-20(22-12-6-4-7-13-26-14-8-5-9-15-26)24-18-10-11-19-23-17(2)25-27(19)16-18;/h18H,3-16H2,1-2H3,(H2,21,22,24);1H. The van der Waals surface area contributed by atoms with Gasteiger partial charge in [-0.25, -0.2) is 9.67 Å². The van der Waals surface area contributed by atoms with Crippen molar-refractivity contribution in [2.75, 3.05) is 32.7 Å². The predicted molar refractivity (Wildman–Crippen MR) is 126 cm³/mol. The van der Waals surface area contributed by atoms with Crippen molar-refractivity contribution in [3.05, 3.63) is 11.6 Å². The van der Waals surface area contributed by atoms with Crippen LogP contribution in [0.1, 0.15) is 63.5 Å². The van der Waals surface area contributed by atoms with Crippen molar-refractivity contribution in [3.63, 3.8) is 0 Å². The number of aromatic nitrogens is 3. The lowest BCUT2D eigenvalue weighted by Gasteiger charge is -2.26. The van der Waals surface area contributed by atoms with Crippen LogP contribution >= 0.6 is 24.0 Å². The summed E-state index contributed by atoms with van der Waals surface area (Å²) in [6, 6.07) is 0.371. The lowest BCUT2D eigenvalue weighted by atomic mass is 10.1. The number of unbranched alkanes of at least 4 members (excludes halogenated alkanes) is 2. The summed E-state index contributed by atoms with van der Waals surface area (Å²) in [7, 11) is 0. The normalized spacial score (nSPS) is 20.4. The minimum Gasteiger partial charge on any atom is -0.357 e. The maximum Gasteiger partial charge on any atom is 0.191 e. The molecule has 0 amide bonds. The van der Waals surface area contributed by atoms with Crippen LogP contribution in [0.3, 0.4) is 0 Å². The largest absolute Gasteiger partial charge is 0.357 e. The highest BCUT2D eigenvalue weighted by atomic mass is 127. The molecule has 8 heteroatoms. The Balaban J connectivity index is 0.00000280. The average Bonchev–Trinajstić information content (AvgIpc) is 3.04. The Kier molecular flexibility index (Phi) is 10.5. The first-order chi connectivity index (χ1) is 13.2. The van der Waals surface area contributed by atoms with E-state index in [4.69, 9.17) is 4.99 Å². The van der Waals surface area contributed by atoms with Crippen LogP contribution in [0.4, 0.5) is 0 Å². The van der Waals surface area contributed by atoms with Crippen LogP contribution in [0.25, 0.3) is 0 Å². The number of halogens is 1. The summed E-state index contributed by atoms with van der Waals surface area (Å²) in [6.07, 6.45) is 10.00. The smallest absolute Gasteiger partial charge is 0.191 e. The third kappa shape index (κ3) is 7.50. The molecule has 3 rings (SSSR count). The van der Waals surface area contributed by atoms with Gasteiger partial charge >= 0.3 is 0 Å². The molecular formula is C20H38IN7. The van der Waals surface area contributed by atoms with Gasteiger partial charge in [0.1, 0.15) is 11.6 Å². The number of likely N-dealkylation sites (tertiary alicyclic amines) is 1. The molecule has 1 atom stereocenters. The van der Waals surface area contributed by atoms with Crippen molar-refractivity contribution in [2.24, 2.45) is 4.99 Å². The first-order valence-corrected chi connectivity index (χ1v) is 10.9. The summed E-state index contributed by atoms with van der Waals surface area (Å²) in [6.45, 7) is 10.6. The Morgan fingerprint density at radius 3 is 2.79 bits per heavy atom. The molecule has 1 aromatic rings. The number of nitrogens with zero attached hydrogens (tertiary/aromatic N) is 5. The lowest BCUT2D eigenvalue weighted by molar-refractivity contribution is 0.224. The third-order valence-electron chi connectivity index (χ3n) is 5.50. The Hall–Kier alpha value is -0.900. The quantitative estimate of drug-likeness (QED) is 0.247. The molecule has 2 aliphatic heterocycles. The number of aryl methyl sites for hydroxylation is 2. The lowest BCUT2D eigenvalue weighted by Crippen LogP contribution is -2.47. The van der Waals surface area contributed by atoms with Crippen LogP contribution < -0.4 is 10.6 Å². The van der Waals surface area contributed by atoms with E-state index in [1.165, 1.54) is 58.2 Å². The molecule has 1 aromatic heterocycles. The fourth-order valence-electron chi connectivity index (χ4n) is 4.06. The van der Waals surface area contributed by atoms with Gasteiger partial charge in [0.25, 0.3) is 0 Å². The van der Waals surface area contributed by atoms with Gasteiger partial charge in [0.05, 0.1) is 6.54 Å². The highest BCUT2D eigenvalue weighted by molar-refractivity contribution is 14.0. The Labute approximate surface area is 187 Å². The van der Waals surface area contributed by atoms with Gasteiger partial charge in [-0.2, -0.15) is 5.10 Å². The van der Waals surface area contributed by atoms with Gasteiger partial charge in [-0.3, -0.25) is 4.99 Å². The summed E-state index contributed by atoms with van der Waals surface area (Å²) in [4.78, 5) is 11.9. The number of aliphatic imine (C=N–C) groups is 1. The molecule has 0 radical (unpaired) electrons. The first kappa shape index (κ1) is 23.4. The van der Waals surface area contributed by atoms with Gasteiger partial charge in [0.2, 0.25) is 0 Å². The van der Waals surface area contributed by atoms with E-state index in [0.717, 1.165) is 50.1 Å². The second-order valence-corrected chi connectivity index (χ2v) is 7.86. The van der Waals surface area contributed by atoms with Crippen molar-refractivity contribution < 1.29 is 0 Å². The average molecular weight is 503 g/mol. The number of hydrogen-bond donors (Lipinski definition) is 2. The zero-order chi connectivity index (χ0) is 18.9. The first-order valence-electron chi connectivity index (χ1n) is 10.9. The van der Waals surface area contributed by atoms with E-state index in [1.807, 2.05) is 11.6 Å². The molecule has 0 aromatic carbocycles. The molecule has 0 bridgehead atoms. The van der Waals surface area contributed by atoms with Gasteiger partial charge in [0, 0.05) is 25.6 Å². The summed E-state index contributed by atoms with van der Waals surface area (Å²) in [5.41, 5.74) is 0. The third-order valence-corrected chi connectivity index (χ3v) is 5.50. The second kappa shape index (κ2) is 12.6. The minimum absolute atomic E-state index is 0. The molecule has 1 unspecified atom stereocenters. The summed E-state index contributed by atoms with van der Waals surface area (Å²) < 4.78 is 2.04. The molecule has 0 saturated carbocycles. The maximum absolute atomic E-state index is 4.79. The van der Waals surface area contributed by atoms with Crippen molar-refractivity contribution in [3.8, 4) is 0 Å². The number of hydrogen-bond acceptors (Lipinski definition) is 4. The molecule has 1 saturated heterocycles. The Morgan fingerprint density at radius 2 is 2.00 bits per heavy atom. The topological polar surface area (TPSA) is 70.4 Å². The van der Waals surface area contributed by atoms with Gasteiger partial charge in [-0.05, 0) is 65.6 Å². The molecule has 28 heavy (non-hydrogen) atoms. The van der Waals surface area contributed by atoms with Crippen LogP contribution in [-0.4, -0.2) is 64.4 Å². The molecule has 2 aliphatic rings. The SMILES string of the molecule is CCNC(=NCCCCCN1CCCCC1)NC1CCc2nc(C)nn2C1.I. The fraction of sp³-hybridized carbons (Fsp3) is 0.850. The van der Waals surface area contributed by atoms with Crippen molar-refractivity contribution >= 4 is 29.9 Å². The van der Waals surface area contributed by atoms with Gasteiger partial charge < -0.3 is 15.5 Å². The van der Waals surface area contributed by atoms with E-state index >= 15 is 0 Å². The summed E-state index contributed by atoms with van der Waals surface area (Å²) >= 11 is 0. The van der Waals surface area contributed by atoms with E-state index in [0.29, 0.717) is 6.04 Å². The van der Waals surface area contributed by atoms with Crippen LogP contribution in [0.15, 0.2) is 4.99 Å². The molecule has 2 N–H and O–H groups in total. The molecular weight excluding hydrogens is 465 g/mol. The van der Waals surface area contributed by atoms with Gasteiger partial charge in [-0.1, -0.05) is 12.8 Å². The van der Waals surface area contributed by atoms with Gasteiger partial charge in [-0.15, -0.1) is 24.0 Å². The van der Waals surface area contributed by atoms with Crippen LogP contribution in [0, 0.1) is 6.92 Å². The maximum atomic E-state index is 4.79. The van der Waals surface area contributed by atoms with Crippen LogP contribution in [0.2, 0.25) is 0 Å². The number of nitrogens with one attached hydrogen (secondary N) is 2. The molecule has 0 spiro atoms. The van der Waals surface area contributed by atoms with Crippen LogP contribution in [-0.2, 0) is 13.0 Å². The molecule has 1 fully saturated rings. The Morgan fingerprint density at radius 1 is 1.18 bits per heavy atom. The van der Waals surface area contributed by atoms with E-state index in [9.17, 15) is 0 Å². The van der Waals surface area contributed by atoms with Crippen molar-refractivity contribution in [2.45, 2.75) is 77.8 Å². The zero-order valence-corrected chi connectivity index (χ0v) is 20.0. The second-order valence-electron chi connectivity index (χ2n) is 7.86. The number of rotatable bonds is 8. The molecule has 160 valence electrons. The predicted octanol–water partition coefficient (Wildman–Crippen LogP) is 2.73. The van der Waals surface area contributed by atoms with Crippen molar-refractivity contribution in [1.29, 1.82) is 0 Å². The highest BCUT2D eigenvalue weighted by Gasteiger charge is 2.21. The number of fused-ring (bicyclic) bond motifs is 1. The van der Waals surface area contributed by atoms with Crippen LogP contribution in [0.5, 0.6) is 0 Å². The molecule has 7 nitrogen and oxygen atoms in total. The van der Waals surface area contributed by atoms with E-state index in [2.05, 4.69) is 32.5 Å². The minimum atomic E-state index is 0. The van der Waals surface area contributed by atoms with E-state index in [-0.39, 0.29) is 24.0 Å². The van der Waals surface area contributed by atoms with E-state index < -0.39 is 0 Å². The van der Waals surface area contributed by atoms with E-state index in [1.54, 1.807) is 0 Å². The number of piperidine rings is 1. The highest BCUT2D eigenvalue weighted by Crippen LogP contribution is 2.13. The zero-order valence-electron chi connectivity index (χ0n) is 17.6.